The molecule has 2 heterocycles. The molecule has 5 heteroatoms. The van der Waals surface area contributed by atoms with E-state index >= 15 is 0 Å². The van der Waals surface area contributed by atoms with Gasteiger partial charge in [-0.15, -0.1) is 17.5 Å². The Morgan fingerprint density at radius 3 is 2.06 bits per heavy atom. The number of nitrogens with zero attached hydrogens (tertiary/aromatic N) is 1. The van der Waals surface area contributed by atoms with Gasteiger partial charge in [-0.25, -0.2) is 0 Å². The summed E-state index contributed by atoms with van der Waals surface area (Å²) in [6.45, 7) is 26.1. The summed E-state index contributed by atoms with van der Waals surface area (Å²) < 4.78 is 6.77. The van der Waals surface area contributed by atoms with E-state index < -0.39 is 0 Å². The molecule has 0 atom stereocenters. The van der Waals surface area contributed by atoms with Crippen LogP contribution >= 0.6 is 0 Å². The fourth-order valence-corrected chi connectivity index (χ4v) is 7.31. The van der Waals surface area contributed by atoms with Crippen LogP contribution in [-0.4, -0.2) is 15.9 Å². The summed E-state index contributed by atoms with van der Waals surface area (Å²) in [5, 5.41) is 14.7. The molecule has 0 spiro atoms. The molecule has 0 fully saturated rings. The molecule has 1 aliphatic heterocycles. The Morgan fingerprint density at radius 2 is 1.50 bits per heavy atom. The van der Waals surface area contributed by atoms with Gasteiger partial charge in [-0.3, -0.25) is 9.78 Å². The number of hydrogen-bond acceptors (Lipinski definition) is 4. The van der Waals surface area contributed by atoms with Crippen LogP contribution in [0.25, 0.3) is 32.8 Å². The standard InChI is InChI=1S/C30H32NO.C15H28O2.Ir/c1-18-17-31-27-23-14-20-10-8-9-11-21(20)24(16-30(5,6)7)28(23)32-25-13-19(15-29(2,3)4)12-22(18)26(25)27;1-6-12(7-2)13(16)11-14(17)15(8-3,9-4)10-5;/h8-13,17H,15-16H2,1-7H3;11-12,16H,6-10H2,1-5H3;/q-1;;/b;13-11-;. The molecule has 5 rings (SSSR count). The van der Waals surface area contributed by atoms with Gasteiger partial charge in [0.25, 0.3) is 0 Å². The molecule has 1 N–H and O–H groups in total. The van der Waals surface area contributed by atoms with Gasteiger partial charge >= 0.3 is 0 Å². The molecular weight excluding hydrogens is 795 g/mol. The van der Waals surface area contributed by atoms with E-state index in [-0.39, 0.29) is 53.8 Å². The van der Waals surface area contributed by atoms with E-state index in [9.17, 15) is 9.90 Å². The fraction of sp³-hybridized carbons (Fsp3) is 0.511. The Balaban J connectivity index is 0.000000323. The van der Waals surface area contributed by atoms with E-state index in [1.165, 1.54) is 33.5 Å². The topological polar surface area (TPSA) is 59.4 Å². The molecule has 4 aromatic rings. The number of aromatic nitrogens is 1. The van der Waals surface area contributed by atoms with Crippen LogP contribution in [0.1, 0.15) is 125 Å². The summed E-state index contributed by atoms with van der Waals surface area (Å²) in [6.07, 6.45) is 9.69. The number of carbonyl (C=O) groups excluding carboxylic acids is 1. The van der Waals surface area contributed by atoms with E-state index in [0.717, 1.165) is 78.5 Å². The quantitative estimate of drug-likeness (QED) is 0.0864. The van der Waals surface area contributed by atoms with Crippen LogP contribution in [0.4, 0.5) is 0 Å². The molecule has 0 aliphatic carbocycles. The average Bonchev–Trinajstić information content (AvgIpc) is 3.03. The van der Waals surface area contributed by atoms with Crippen molar-refractivity contribution in [3.63, 3.8) is 0 Å². The van der Waals surface area contributed by atoms with Crippen LogP contribution in [0.15, 0.2) is 54.4 Å². The molecule has 0 saturated heterocycles. The third-order valence-electron chi connectivity index (χ3n) is 10.4. The number of hydrogen-bond donors (Lipinski definition) is 1. The Hall–Kier alpha value is -3.01. The number of rotatable bonds is 10. The molecule has 3 aromatic carbocycles. The maximum absolute atomic E-state index is 12.3. The molecule has 0 bridgehead atoms. The number of aliphatic hydroxyl groups is 1. The zero-order valence-electron chi connectivity index (χ0n) is 32.7. The number of fused-ring (bicyclic) bond motifs is 3. The van der Waals surface area contributed by atoms with Crippen molar-refractivity contribution in [1.82, 2.24) is 4.98 Å². The van der Waals surface area contributed by atoms with E-state index in [4.69, 9.17) is 9.72 Å². The van der Waals surface area contributed by atoms with Crippen LogP contribution in [0.3, 0.4) is 0 Å². The molecule has 1 aromatic heterocycles. The van der Waals surface area contributed by atoms with E-state index in [2.05, 4.69) is 90.9 Å². The van der Waals surface area contributed by atoms with E-state index in [1.54, 1.807) is 0 Å². The van der Waals surface area contributed by atoms with Gasteiger partial charge in [-0.05, 0) is 85.3 Å². The first-order chi connectivity index (χ1) is 23.0. The number of ether oxygens (including phenoxy) is 1. The van der Waals surface area contributed by atoms with Crippen molar-refractivity contribution in [3.05, 3.63) is 77.2 Å². The predicted octanol–water partition coefficient (Wildman–Crippen LogP) is 13.1. The van der Waals surface area contributed by atoms with Crippen LogP contribution < -0.4 is 4.74 Å². The molecule has 50 heavy (non-hydrogen) atoms. The van der Waals surface area contributed by atoms with Gasteiger partial charge in [-0.1, -0.05) is 117 Å². The van der Waals surface area contributed by atoms with Crippen molar-refractivity contribution in [2.45, 2.75) is 128 Å². The molecule has 1 radical (unpaired) electrons. The van der Waals surface area contributed by atoms with Gasteiger partial charge in [0, 0.05) is 54.8 Å². The van der Waals surface area contributed by atoms with Gasteiger partial charge in [0.05, 0.1) is 11.5 Å². The van der Waals surface area contributed by atoms with Gasteiger partial charge < -0.3 is 9.84 Å². The van der Waals surface area contributed by atoms with Crippen LogP contribution in [0.2, 0.25) is 0 Å². The van der Waals surface area contributed by atoms with Crippen molar-refractivity contribution in [3.8, 4) is 22.8 Å². The number of ketones is 1. The van der Waals surface area contributed by atoms with Crippen molar-refractivity contribution in [1.29, 1.82) is 0 Å². The van der Waals surface area contributed by atoms with Crippen molar-refractivity contribution >= 4 is 27.3 Å². The maximum atomic E-state index is 12.3. The Labute approximate surface area is 315 Å². The smallest absolute Gasteiger partial charge is 0.165 e. The molecule has 0 saturated carbocycles. The second-order valence-corrected chi connectivity index (χ2v) is 16.5. The van der Waals surface area contributed by atoms with Gasteiger partial charge in [0.2, 0.25) is 0 Å². The first kappa shape index (κ1) is 41.4. The number of benzene rings is 3. The van der Waals surface area contributed by atoms with E-state index in [1.807, 2.05) is 40.8 Å². The Bertz CT molecular complexity index is 1820. The van der Waals surface area contributed by atoms with Gasteiger partial charge in [-0.2, -0.15) is 0 Å². The number of aliphatic hydroxyl groups excluding tert-OH is 1. The summed E-state index contributed by atoms with van der Waals surface area (Å²) in [7, 11) is 0. The maximum Gasteiger partial charge on any atom is 0.165 e. The minimum Gasteiger partial charge on any atom is -0.512 e. The molecule has 1 aliphatic rings. The first-order valence-corrected chi connectivity index (χ1v) is 18.5. The van der Waals surface area contributed by atoms with Crippen molar-refractivity contribution < 1.29 is 34.7 Å². The molecule has 273 valence electrons. The summed E-state index contributed by atoms with van der Waals surface area (Å²) in [5.41, 5.74) is 5.79. The van der Waals surface area contributed by atoms with E-state index in [0.29, 0.717) is 0 Å². The molecular formula is C45H60IrNO3-. The summed E-state index contributed by atoms with van der Waals surface area (Å²) >= 11 is 0. The molecule has 4 nitrogen and oxygen atoms in total. The summed E-state index contributed by atoms with van der Waals surface area (Å²) in [5.74, 6) is 2.34. The van der Waals surface area contributed by atoms with Crippen molar-refractivity contribution in [2.24, 2.45) is 22.2 Å². The number of carbonyl (C=O) groups is 1. The van der Waals surface area contributed by atoms with Crippen LogP contribution in [0.5, 0.6) is 11.5 Å². The Morgan fingerprint density at radius 1 is 0.900 bits per heavy atom. The molecule has 0 amide bonds. The number of allylic oxidation sites excluding steroid dienone is 2. The SMILES string of the molecule is CCC(CC)/C(O)=C/C(=O)C(CC)(CC)CC.Cc1cnc2c3c(cc(CC(C)(C)C)cc13)Oc1c-2[c-]c2ccccc2c1CC(C)(C)C.[Ir]. The zero-order valence-corrected chi connectivity index (χ0v) is 35.1. The number of aryl methyl sites for hydroxylation is 1. The largest absolute Gasteiger partial charge is 0.512 e. The van der Waals surface area contributed by atoms with Crippen LogP contribution in [-0.2, 0) is 37.7 Å². The average molecular weight is 855 g/mol. The van der Waals surface area contributed by atoms with Gasteiger partial charge in [0.15, 0.2) is 5.78 Å². The summed E-state index contributed by atoms with van der Waals surface area (Å²) in [6, 6.07) is 16.8. The zero-order chi connectivity index (χ0) is 36.3. The normalized spacial score (nSPS) is 13.0. The fourth-order valence-electron chi connectivity index (χ4n) is 7.31. The second-order valence-electron chi connectivity index (χ2n) is 16.5. The Kier molecular flexibility index (Phi) is 13.7. The third-order valence-corrected chi connectivity index (χ3v) is 10.4. The first-order valence-electron chi connectivity index (χ1n) is 18.5. The van der Waals surface area contributed by atoms with Gasteiger partial charge in [0.1, 0.15) is 5.75 Å². The number of pyridine rings is 1. The molecule has 0 unspecified atom stereocenters. The van der Waals surface area contributed by atoms with Crippen LogP contribution in [0, 0.1) is 35.2 Å². The third kappa shape index (κ3) is 9.07. The monoisotopic (exact) mass is 855 g/mol. The van der Waals surface area contributed by atoms with Crippen molar-refractivity contribution in [2.75, 3.05) is 0 Å². The minimum atomic E-state index is -0.278. The minimum absolute atomic E-state index is 0. The predicted molar refractivity (Wildman–Crippen MR) is 208 cm³/mol. The second kappa shape index (κ2) is 16.6. The summed E-state index contributed by atoms with van der Waals surface area (Å²) in [4.78, 5) is 17.2.